The van der Waals surface area contributed by atoms with E-state index in [4.69, 9.17) is 5.73 Å². The molecule has 1 fully saturated rings. The summed E-state index contributed by atoms with van der Waals surface area (Å²) in [6.07, 6.45) is 16.1. The van der Waals surface area contributed by atoms with Gasteiger partial charge in [-0.3, -0.25) is 0 Å². The minimum Gasteiger partial charge on any atom is -0.325 e. The van der Waals surface area contributed by atoms with Crippen LogP contribution < -0.4 is 5.73 Å². The predicted molar refractivity (Wildman–Crippen MR) is 99.8 cm³/mol. The van der Waals surface area contributed by atoms with Gasteiger partial charge in [0.2, 0.25) is 0 Å². The molecule has 1 aromatic rings. The van der Waals surface area contributed by atoms with Gasteiger partial charge >= 0.3 is 0 Å². The normalized spacial score (nSPS) is 30.7. The van der Waals surface area contributed by atoms with E-state index >= 15 is 0 Å². The molecule has 1 saturated carbocycles. The summed E-state index contributed by atoms with van der Waals surface area (Å²) in [4.78, 5) is 0. The minimum absolute atomic E-state index is 0.0505. The highest BCUT2D eigenvalue weighted by Gasteiger charge is 2.32. The Kier molecular flexibility index (Phi) is 5.26. The first-order chi connectivity index (χ1) is 11.1. The van der Waals surface area contributed by atoms with Crippen LogP contribution in [-0.4, -0.2) is 5.54 Å². The lowest BCUT2D eigenvalue weighted by atomic mass is 9.81. The predicted octanol–water partition coefficient (Wildman–Crippen LogP) is 5.52. The molecule has 2 aliphatic carbocycles. The molecule has 0 saturated heterocycles. The van der Waals surface area contributed by atoms with Crippen molar-refractivity contribution < 1.29 is 0 Å². The lowest BCUT2D eigenvalue weighted by Crippen LogP contribution is -2.32. The number of fused-ring (bicyclic) bond motifs is 1. The van der Waals surface area contributed by atoms with Crippen molar-refractivity contribution in [1.82, 2.24) is 0 Å². The third-order valence-electron chi connectivity index (χ3n) is 5.88. The molecule has 2 N–H and O–H groups in total. The Morgan fingerprint density at radius 2 is 2.13 bits per heavy atom. The van der Waals surface area contributed by atoms with Crippen molar-refractivity contribution in [2.24, 2.45) is 11.7 Å². The molecule has 3 rings (SSSR count). The van der Waals surface area contributed by atoms with Gasteiger partial charge in [-0.1, -0.05) is 50.1 Å². The third kappa shape index (κ3) is 4.26. The van der Waals surface area contributed by atoms with Crippen LogP contribution >= 0.6 is 0 Å². The Hall–Kier alpha value is -1.08. The molecule has 0 unspecified atom stereocenters. The largest absolute Gasteiger partial charge is 0.325 e. The van der Waals surface area contributed by atoms with Gasteiger partial charge in [0.25, 0.3) is 0 Å². The average molecular weight is 312 g/mol. The SMILES string of the molecule is CCCC/C=C/[C@@H]1CCc2cc([C@H]3CC[C@@](C)(N)C3)ccc2C1. The summed E-state index contributed by atoms with van der Waals surface area (Å²) in [7, 11) is 0. The van der Waals surface area contributed by atoms with Gasteiger partial charge in [0.15, 0.2) is 0 Å². The van der Waals surface area contributed by atoms with Gasteiger partial charge in [0, 0.05) is 5.54 Å². The van der Waals surface area contributed by atoms with Crippen LogP contribution in [0.25, 0.3) is 0 Å². The van der Waals surface area contributed by atoms with E-state index in [1.54, 1.807) is 11.1 Å². The third-order valence-corrected chi connectivity index (χ3v) is 5.88. The number of aryl methyl sites for hydroxylation is 1. The van der Waals surface area contributed by atoms with Crippen LogP contribution in [0, 0.1) is 5.92 Å². The van der Waals surface area contributed by atoms with Crippen molar-refractivity contribution in [2.75, 3.05) is 0 Å². The first kappa shape index (κ1) is 16.8. The molecule has 0 aromatic heterocycles. The zero-order chi connectivity index (χ0) is 16.3. The highest BCUT2D eigenvalue weighted by atomic mass is 14.7. The first-order valence-corrected chi connectivity index (χ1v) is 9.64. The van der Waals surface area contributed by atoms with Crippen molar-refractivity contribution in [3.05, 3.63) is 47.0 Å². The number of allylic oxidation sites excluding steroid dienone is 2. The van der Waals surface area contributed by atoms with Gasteiger partial charge in [-0.15, -0.1) is 0 Å². The fraction of sp³-hybridized carbons (Fsp3) is 0.636. The molecule has 1 aromatic carbocycles. The van der Waals surface area contributed by atoms with Gasteiger partial charge < -0.3 is 5.73 Å². The second kappa shape index (κ2) is 7.21. The van der Waals surface area contributed by atoms with E-state index in [-0.39, 0.29) is 5.54 Å². The summed E-state index contributed by atoms with van der Waals surface area (Å²) in [5, 5.41) is 0. The molecular formula is C22H33N. The van der Waals surface area contributed by atoms with Gasteiger partial charge in [-0.05, 0) is 80.4 Å². The summed E-state index contributed by atoms with van der Waals surface area (Å²) < 4.78 is 0. The standard InChI is InChI=1S/C22H33N/c1-3-4-5-6-7-17-8-9-19-15-20(11-10-18(19)14-17)21-12-13-22(2,23)16-21/h6-7,10-11,15,17,21H,3-5,8-9,12-14,16,23H2,1-2H3/b7-6+/t17-,21+,22-/m1/s1. The molecule has 0 amide bonds. The molecule has 1 heteroatoms. The van der Waals surface area contributed by atoms with E-state index in [0.29, 0.717) is 5.92 Å². The maximum atomic E-state index is 6.32. The molecule has 3 atom stereocenters. The Morgan fingerprint density at radius 1 is 1.26 bits per heavy atom. The number of benzene rings is 1. The van der Waals surface area contributed by atoms with Crippen LogP contribution in [0.5, 0.6) is 0 Å². The maximum absolute atomic E-state index is 6.32. The van der Waals surface area contributed by atoms with E-state index in [2.05, 4.69) is 44.2 Å². The number of rotatable bonds is 5. The van der Waals surface area contributed by atoms with Gasteiger partial charge in [0.1, 0.15) is 0 Å². The number of unbranched alkanes of at least 4 members (excludes halogenated alkanes) is 2. The van der Waals surface area contributed by atoms with Crippen molar-refractivity contribution >= 4 is 0 Å². The monoisotopic (exact) mass is 311 g/mol. The second-order valence-corrected chi connectivity index (χ2v) is 8.20. The Bertz CT molecular complexity index is 555. The van der Waals surface area contributed by atoms with E-state index in [1.807, 2.05) is 0 Å². The fourth-order valence-corrected chi connectivity index (χ4v) is 4.39. The Morgan fingerprint density at radius 3 is 2.87 bits per heavy atom. The molecule has 0 bridgehead atoms. The highest BCUT2D eigenvalue weighted by Crippen LogP contribution is 2.40. The Labute approximate surface area is 142 Å². The van der Waals surface area contributed by atoms with Crippen LogP contribution in [0.1, 0.15) is 81.4 Å². The van der Waals surface area contributed by atoms with Crippen molar-refractivity contribution in [2.45, 2.75) is 83.1 Å². The molecule has 23 heavy (non-hydrogen) atoms. The molecule has 126 valence electrons. The van der Waals surface area contributed by atoms with E-state index < -0.39 is 0 Å². The molecule has 0 heterocycles. The van der Waals surface area contributed by atoms with E-state index in [1.165, 1.54) is 56.9 Å². The summed E-state index contributed by atoms with van der Waals surface area (Å²) in [5.74, 6) is 1.44. The van der Waals surface area contributed by atoms with Gasteiger partial charge in [-0.25, -0.2) is 0 Å². The van der Waals surface area contributed by atoms with Crippen molar-refractivity contribution in [3.8, 4) is 0 Å². The van der Waals surface area contributed by atoms with Gasteiger partial charge in [-0.2, -0.15) is 0 Å². The quantitative estimate of drug-likeness (QED) is 0.562. The van der Waals surface area contributed by atoms with E-state index in [0.717, 1.165) is 12.3 Å². The summed E-state index contributed by atoms with van der Waals surface area (Å²) in [6, 6.07) is 7.29. The first-order valence-electron chi connectivity index (χ1n) is 9.64. The van der Waals surface area contributed by atoms with Crippen molar-refractivity contribution in [3.63, 3.8) is 0 Å². The van der Waals surface area contributed by atoms with Gasteiger partial charge in [0.05, 0.1) is 0 Å². The van der Waals surface area contributed by atoms with Crippen LogP contribution in [0.2, 0.25) is 0 Å². The Balaban J connectivity index is 1.63. The highest BCUT2D eigenvalue weighted by molar-refractivity contribution is 5.37. The second-order valence-electron chi connectivity index (χ2n) is 8.20. The molecule has 0 aliphatic heterocycles. The van der Waals surface area contributed by atoms with Crippen LogP contribution in [0.3, 0.4) is 0 Å². The molecule has 2 aliphatic rings. The zero-order valence-corrected chi connectivity index (χ0v) is 15.0. The lowest BCUT2D eigenvalue weighted by molar-refractivity contribution is 0.479. The summed E-state index contributed by atoms with van der Waals surface area (Å²) in [5.41, 5.74) is 11.1. The van der Waals surface area contributed by atoms with Crippen molar-refractivity contribution in [1.29, 1.82) is 0 Å². The smallest absolute Gasteiger partial charge is 0.0131 e. The summed E-state index contributed by atoms with van der Waals surface area (Å²) in [6.45, 7) is 4.47. The number of hydrogen-bond donors (Lipinski definition) is 1. The topological polar surface area (TPSA) is 26.0 Å². The molecule has 0 spiro atoms. The minimum atomic E-state index is 0.0505. The van der Waals surface area contributed by atoms with Crippen LogP contribution in [0.15, 0.2) is 30.4 Å². The number of hydrogen-bond acceptors (Lipinski definition) is 1. The summed E-state index contributed by atoms with van der Waals surface area (Å²) >= 11 is 0. The maximum Gasteiger partial charge on any atom is 0.0131 e. The lowest BCUT2D eigenvalue weighted by Gasteiger charge is -2.24. The molecular weight excluding hydrogens is 278 g/mol. The van der Waals surface area contributed by atoms with Crippen LogP contribution in [0.4, 0.5) is 0 Å². The van der Waals surface area contributed by atoms with Crippen LogP contribution in [-0.2, 0) is 12.8 Å². The average Bonchev–Trinajstić information content (AvgIpc) is 2.91. The zero-order valence-electron chi connectivity index (χ0n) is 15.0. The molecule has 0 radical (unpaired) electrons. The fourth-order valence-electron chi connectivity index (χ4n) is 4.39. The number of nitrogens with two attached hydrogens (primary N) is 1. The molecule has 1 nitrogen and oxygen atoms in total. The van der Waals surface area contributed by atoms with E-state index in [9.17, 15) is 0 Å².